The molecular formula is C21H27N7O. The lowest BCUT2D eigenvalue weighted by molar-refractivity contribution is 0.219. The van der Waals surface area contributed by atoms with E-state index in [1.54, 1.807) is 12.4 Å². The molecule has 0 aliphatic carbocycles. The Balaban J connectivity index is 1.74. The number of rotatable bonds is 8. The van der Waals surface area contributed by atoms with Crippen LogP contribution in [0.3, 0.4) is 0 Å². The van der Waals surface area contributed by atoms with Gasteiger partial charge in [0.25, 0.3) is 0 Å². The fourth-order valence-corrected chi connectivity index (χ4v) is 3.57. The normalized spacial score (nSPS) is 12.9. The van der Waals surface area contributed by atoms with E-state index < -0.39 is 0 Å². The molecule has 4 heterocycles. The molecule has 0 aliphatic heterocycles. The van der Waals surface area contributed by atoms with Crippen molar-refractivity contribution in [2.75, 3.05) is 6.61 Å². The summed E-state index contributed by atoms with van der Waals surface area (Å²) in [7, 11) is 0. The lowest BCUT2D eigenvalue weighted by atomic mass is 10.1. The van der Waals surface area contributed by atoms with E-state index in [0.29, 0.717) is 12.6 Å². The largest absolute Gasteiger partial charge is 0.396 e. The predicted octanol–water partition coefficient (Wildman–Crippen LogP) is 3.45. The number of aliphatic hydroxyl groups excluding tert-OH is 1. The average Bonchev–Trinajstić information content (AvgIpc) is 3.48. The quantitative estimate of drug-likeness (QED) is 0.495. The number of aliphatic hydroxyl groups is 1. The Hall–Kier alpha value is -3.00. The average molecular weight is 393 g/mol. The van der Waals surface area contributed by atoms with Crippen LogP contribution in [0.5, 0.6) is 0 Å². The van der Waals surface area contributed by atoms with E-state index in [4.69, 9.17) is 4.98 Å². The summed E-state index contributed by atoms with van der Waals surface area (Å²) in [6.07, 6.45) is 13.5. The van der Waals surface area contributed by atoms with Gasteiger partial charge in [0.2, 0.25) is 0 Å². The van der Waals surface area contributed by atoms with Gasteiger partial charge in [-0.1, -0.05) is 20.8 Å². The summed E-state index contributed by atoms with van der Waals surface area (Å²) < 4.78 is 5.72. The van der Waals surface area contributed by atoms with Crippen molar-refractivity contribution in [1.82, 2.24) is 34.2 Å². The van der Waals surface area contributed by atoms with Gasteiger partial charge < -0.3 is 5.11 Å². The van der Waals surface area contributed by atoms with Crippen molar-refractivity contribution in [2.24, 2.45) is 5.92 Å². The highest BCUT2D eigenvalue weighted by Crippen LogP contribution is 2.28. The van der Waals surface area contributed by atoms with Gasteiger partial charge in [-0.15, -0.1) is 0 Å². The highest BCUT2D eigenvalue weighted by molar-refractivity contribution is 5.78. The minimum Gasteiger partial charge on any atom is -0.396 e. The summed E-state index contributed by atoms with van der Waals surface area (Å²) in [5.74, 6) is 0.149. The monoisotopic (exact) mass is 393 g/mol. The van der Waals surface area contributed by atoms with Gasteiger partial charge in [-0.25, -0.2) is 9.50 Å². The van der Waals surface area contributed by atoms with Crippen molar-refractivity contribution in [1.29, 1.82) is 0 Å². The first-order valence-corrected chi connectivity index (χ1v) is 10.2. The van der Waals surface area contributed by atoms with Gasteiger partial charge >= 0.3 is 0 Å². The molecule has 152 valence electrons. The number of aromatic nitrogens is 7. The van der Waals surface area contributed by atoms with Gasteiger partial charge in [-0.2, -0.15) is 15.3 Å². The summed E-state index contributed by atoms with van der Waals surface area (Å²) >= 11 is 0. The van der Waals surface area contributed by atoms with Crippen molar-refractivity contribution in [3.63, 3.8) is 0 Å². The van der Waals surface area contributed by atoms with E-state index >= 15 is 0 Å². The third-order valence-electron chi connectivity index (χ3n) is 5.32. The molecule has 0 radical (unpaired) electrons. The summed E-state index contributed by atoms with van der Waals surface area (Å²) in [4.78, 5) is 4.93. The maximum absolute atomic E-state index is 9.28. The molecule has 4 aromatic rings. The van der Waals surface area contributed by atoms with Crippen molar-refractivity contribution in [3.8, 4) is 22.5 Å². The van der Waals surface area contributed by atoms with Crippen LogP contribution in [0.25, 0.3) is 28.0 Å². The van der Waals surface area contributed by atoms with Gasteiger partial charge in [-0.3, -0.25) is 9.36 Å². The Morgan fingerprint density at radius 3 is 2.55 bits per heavy atom. The Labute approximate surface area is 169 Å². The standard InChI is InChI=1S/C21H27N7O/c1-4-18(5-2)27-12-17(9-24-27)21-20-6-7-22-28(20)13-19(25-21)16-8-23-26(11-16)10-15(3)14-29/h6-9,11-13,15,18,29H,4-5,10,14H2,1-3H3. The topological polar surface area (TPSA) is 86.1 Å². The van der Waals surface area contributed by atoms with Crippen LogP contribution in [0.15, 0.2) is 43.2 Å². The maximum Gasteiger partial charge on any atom is 0.0999 e. The molecule has 1 N–H and O–H groups in total. The molecule has 4 aromatic heterocycles. The SMILES string of the molecule is CCC(CC)n1cc(-c2nc(-c3cnn(CC(C)CO)c3)cn3nccc23)cn1. The van der Waals surface area contributed by atoms with Crippen molar-refractivity contribution in [3.05, 3.63) is 43.2 Å². The van der Waals surface area contributed by atoms with Crippen LogP contribution in [0.2, 0.25) is 0 Å². The summed E-state index contributed by atoms with van der Waals surface area (Å²) in [6.45, 7) is 7.15. The first-order chi connectivity index (χ1) is 14.1. The summed E-state index contributed by atoms with van der Waals surface area (Å²) in [5.41, 5.74) is 4.49. The van der Waals surface area contributed by atoms with E-state index in [0.717, 1.165) is 40.9 Å². The van der Waals surface area contributed by atoms with E-state index in [9.17, 15) is 5.11 Å². The lowest BCUT2D eigenvalue weighted by Gasteiger charge is -2.12. The van der Waals surface area contributed by atoms with Crippen LogP contribution in [0.4, 0.5) is 0 Å². The van der Waals surface area contributed by atoms with Crippen LogP contribution >= 0.6 is 0 Å². The van der Waals surface area contributed by atoms with Crippen LogP contribution in [-0.4, -0.2) is 45.9 Å². The molecule has 0 aromatic carbocycles. The second-order valence-electron chi connectivity index (χ2n) is 7.55. The van der Waals surface area contributed by atoms with Gasteiger partial charge in [0.1, 0.15) is 0 Å². The third kappa shape index (κ3) is 3.80. The second-order valence-corrected chi connectivity index (χ2v) is 7.55. The van der Waals surface area contributed by atoms with E-state index in [2.05, 4.69) is 35.3 Å². The van der Waals surface area contributed by atoms with Crippen molar-refractivity contribution < 1.29 is 5.11 Å². The van der Waals surface area contributed by atoms with Gasteiger partial charge in [0.05, 0.1) is 47.7 Å². The van der Waals surface area contributed by atoms with Gasteiger partial charge in [0.15, 0.2) is 0 Å². The molecule has 0 bridgehead atoms. The zero-order chi connectivity index (χ0) is 20.4. The molecule has 1 atom stereocenters. The second kappa shape index (κ2) is 8.16. The van der Waals surface area contributed by atoms with Crippen LogP contribution in [0.1, 0.15) is 39.7 Å². The third-order valence-corrected chi connectivity index (χ3v) is 5.32. The minimum atomic E-state index is 0.136. The molecule has 8 nitrogen and oxygen atoms in total. The molecule has 0 fully saturated rings. The fraction of sp³-hybridized carbons (Fsp3) is 0.429. The highest BCUT2D eigenvalue weighted by Gasteiger charge is 2.15. The predicted molar refractivity (Wildman–Crippen MR) is 111 cm³/mol. The zero-order valence-electron chi connectivity index (χ0n) is 17.1. The van der Waals surface area contributed by atoms with E-state index in [1.807, 2.05) is 45.5 Å². The molecular weight excluding hydrogens is 366 g/mol. The molecule has 0 saturated heterocycles. The van der Waals surface area contributed by atoms with Gasteiger partial charge in [-0.05, 0) is 24.8 Å². The Kier molecular flexibility index (Phi) is 5.44. The summed E-state index contributed by atoms with van der Waals surface area (Å²) in [6, 6.07) is 2.35. The van der Waals surface area contributed by atoms with Crippen LogP contribution in [-0.2, 0) is 6.54 Å². The number of hydrogen-bond acceptors (Lipinski definition) is 5. The molecule has 0 spiro atoms. The molecule has 29 heavy (non-hydrogen) atoms. The Bertz CT molecular complexity index is 1090. The fourth-order valence-electron chi connectivity index (χ4n) is 3.57. The Morgan fingerprint density at radius 1 is 1.00 bits per heavy atom. The number of fused-ring (bicyclic) bond motifs is 1. The Morgan fingerprint density at radius 2 is 1.79 bits per heavy atom. The van der Waals surface area contributed by atoms with Gasteiger partial charge in [0, 0.05) is 36.7 Å². The van der Waals surface area contributed by atoms with Crippen LogP contribution in [0, 0.1) is 5.92 Å². The molecule has 4 rings (SSSR count). The van der Waals surface area contributed by atoms with E-state index in [-0.39, 0.29) is 12.5 Å². The molecule has 1 unspecified atom stereocenters. The van der Waals surface area contributed by atoms with Crippen molar-refractivity contribution >= 4 is 5.52 Å². The first-order valence-electron chi connectivity index (χ1n) is 10.2. The molecule has 0 saturated carbocycles. The first kappa shape index (κ1) is 19.3. The zero-order valence-corrected chi connectivity index (χ0v) is 17.1. The highest BCUT2D eigenvalue weighted by atomic mass is 16.3. The van der Waals surface area contributed by atoms with Crippen LogP contribution < -0.4 is 0 Å². The molecule has 0 aliphatic rings. The molecule has 8 heteroatoms. The molecule has 0 amide bonds. The summed E-state index contributed by atoms with van der Waals surface area (Å²) in [5, 5.41) is 22.7. The number of nitrogens with zero attached hydrogens (tertiary/aromatic N) is 7. The minimum absolute atomic E-state index is 0.136. The maximum atomic E-state index is 9.28. The smallest absolute Gasteiger partial charge is 0.0999 e. The van der Waals surface area contributed by atoms with E-state index in [1.165, 1.54) is 0 Å². The number of hydrogen-bond donors (Lipinski definition) is 1. The van der Waals surface area contributed by atoms with Crippen molar-refractivity contribution in [2.45, 2.75) is 46.2 Å². The lowest BCUT2D eigenvalue weighted by Crippen LogP contribution is -2.11.